The number of thiazole rings is 1. The fraction of sp³-hybridized carbons (Fsp3) is 0.769. The zero-order valence-corrected chi connectivity index (χ0v) is 11.6. The predicted octanol–water partition coefficient (Wildman–Crippen LogP) is 2.81. The molecule has 0 aromatic carbocycles. The number of nitrogens with one attached hydrogen (secondary N) is 1. The summed E-state index contributed by atoms with van der Waals surface area (Å²) >= 11 is 1.75. The maximum atomic E-state index is 5.70. The molecule has 1 aromatic rings. The van der Waals surface area contributed by atoms with Crippen LogP contribution in [0.15, 0.2) is 0 Å². The Labute approximate surface area is 108 Å². The van der Waals surface area contributed by atoms with E-state index in [9.17, 15) is 0 Å². The maximum absolute atomic E-state index is 5.70. The first kappa shape index (κ1) is 13.0. The summed E-state index contributed by atoms with van der Waals surface area (Å²) in [6.07, 6.45) is 5.12. The van der Waals surface area contributed by atoms with E-state index in [2.05, 4.69) is 24.1 Å². The van der Waals surface area contributed by atoms with Gasteiger partial charge in [0.05, 0.1) is 12.3 Å². The van der Waals surface area contributed by atoms with Gasteiger partial charge in [-0.3, -0.25) is 0 Å². The summed E-state index contributed by atoms with van der Waals surface area (Å²) in [5.41, 5.74) is 1.14. The van der Waals surface area contributed by atoms with Crippen LogP contribution in [0.25, 0.3) is 0 Å². The summed E-state index contributed by atoms with van der Waals surface area (Å²) < 4.78 is 5.70. The highest BCUT2D eigenvalue weighted by Gasteiger charge is 2.12. The monoisotopic (exact) mass is 254 g/mol. The van der Waals surface area contributed by atoms with Crippen molar-refractivity contribution in [3.63, 3.8) is 0 Å². The second-order valence-electron chi connectivity index (χ2n) is 4.74. The van der Waals surface area contributed by atoms with Crippen molar-refractivity contribution in [1.82, 2.24) is 10.3 Å². The molecular formula is C13H22N2OS. The van der Waals surface area contributed by atoms with Gasteiger partial charge in [0.2, 0.25) is 0 Å². The molecule has 0 amide bonds. The average Bonchev–Trinajstić information content (AvgIpc) is 2.66. The number of hydrogen-bond acceptors (Lipinski definition) is 4. The number of rotatable bonds is 5. The van der Waals surface area contributed by atoms with Crippen LogP contribution in [0, 0.1) is 13.8 Å². The van der Waals surface area contributed by atoms with E-state index in [1.165, 1.54) is 30.7 Å². The SMILES string of the molecule is Cc1nc(COCCC2CCCCN2)sc1C. The van der Waals surface area contributed by atoms with Crippen molar-refractivity contribution in [2.75, 3.05) is 13.2 Å². The smallest absolute Gasteiger partial charge is 0.119 e. The average molecular weight is 254 g/mol. The highest BCUT2D eigenvalue weighted by atomic mass is 32.1. The van der Waals surface area contributed by atoms with Gasteiger partial charge in [-0.05, 0) is 39.7 Å². The van der Waals surface area contributed by atoms with Gasteiger partial charge in [-0.2, -0.15) is 0 Å². The van der Waals surface area contributed by atoms with Gasteiger partial charge in [0.25, 0.3) is 0 Å². The molecule has 1 saturated heterocycles. The number of hydrogen-bond donors (Lipinski definition) is 1. The third-order valence-corrected chi connectivity index (χ3v) is 4.37. The lowest BCUT2D eigenvalue weighted by Gasteiger charge is -2.23. The van der Waals surface area contributed by atoms with Crippen molar-refractivity contribution >= 4 is 11.3 Å². The molecule has 1 atom stereocenters. The lowest BCUT2D eigenvalue weighted by Crippen LogP contribution is -2.34. The minimum atomic E-state index is 0.670. The van der Waals surface area contributed by atoms with E-state index in [0.29, 0.717) is 12.6 Å². The molecule has 1 unspecified atom stereocenters. The summed E-state index contributed by atoms with van der Waals surface area (Å²) in [6, 6.07) is 0.670. The summed E-state index contributed by atoms with van der Waals surface area (Å²) in [7, 11) is 0. The number of aryl methyl sites for hydroxylation is 2. The Morgan fingerprint density at radius 2 is 2.29 bits per heavy atom. The summed E-state index contributed by atoms with van der Waals surface area (Å²) in [5.74, 6) is 0. The summed E-state index contributed by atoms with van der Waals surface area (Å²) in [6.45, 7) is 6.86. The van der Waals surface area contributed by atoms with E-state index in [0.717, 1.165) is 23.7 Å². The number of ether oxygens (including phenoxy) is 1. The molecular weight excluding hydrogens is 232 g/mol. The Morgan fingerprint density at radius 3 is 2.94 bits per heavy atom. The zero-order valence-electron chi connectivity index (χ0n) is 10.8. The minimum Gasteiger partial charge on any atom is -0.374 e. The molecule has 0 saturated carbocycles. The Morgan fingerprint density at radius 1 is 1.41 bits per heavy atom. The molecule has 0 bridgehead atoms. The standard InChI is InChI=1S/C13H22N2OS/c1-10-11(2)17-13(15-10)9-16-8-6-12-5-3-4-7-14-12/h12,14H,3-9H2,1-2H3. The van der Waals surface area contributed by atoms with Crippen molar-refractivity contribution in [2.45, 2.75) is 52.2 Å². The van der Waals surface area contributed by atoms with Gasteiger partial charge in [0, 0.05) is 17.5 Å². The Balaban J connectivity index is 1.62. The summed E-state index contributed by atoms with van der Waals surface area (Å²) in [5, 5.41) is 4.65. The molecule has 1 N–H and O–H groups in total. The molecule has 1 aliphatic rings. The van der Waals surface area contributed by atoms with E-state index >= 15 is 0 Å². The van der Waals surface area contributed by atoms with E-state index < -0.39 is 0 Å². The second kappa shape index (κ2) is 6.47. The molecule has 0 aliphatic carbocycles. The fourth-order valence-corrected chi connectivity index (χ4v) is 3.03. The molecule has 2 heterocycles. The van der Waals surface area contributed by atoms with Crippen LogP contribution in [0.1, 0.15) is 41.3 Å². The van der Waals surface area contributed by atoms with Crippen molar-refractivity contribution in [2.24, 2.45) is 0 Å². The van der Waals surface area contributed by atoms with E-state index in [4.69, 9.17) is 4.74 Å². The Hall–Kier alpha value is -0.450. The first-order chi connectivity index (χ1) is 8.25. The third kappa shape index (κ3) is 4.05. The maximum Gasteiger partial charge on any atom is 0.119 e. The van der Waals surface area contributed by atoms with Gasteiger partial charge in [-0.1, -0.05) is 6.42 Å². The Kier molecular flexibility index (Phi) is 4.95. The minimum absolute atomic E-state index is 0.670. The topological polar surface area (TPSA) is 34.1 Å². The van der Waals surface area contributed by atoms with Gasteiger partial charge < -0.3 is 10.1 Å². The normalized spacial score (nSPS) is 20.7. The van der Waals surface area contributed by atoms with Crippen LogP contribution in [0.2, 0.25) is 0 Å². The molecule has 96 valence electrons. The van der Waals surface area contributed by atoms with Crippen LogP contribution in [0.4, 0.5) is 0 Å². The third-order valence-electron chi connectivity index (χ3n) is 3.32. The van der Waals surface area contributed by atoms with Crippen LogP contribution in [0.5, 0.6) is 0 Å². The lowest BCUT2D eigenvalue weighted by molar-refractivity contribution is 0.108. The second-order valence-corrected chi connectivity index (χ2v) is 6.03. The molecule has 0 radical (unpaired) electrons. The lowest BCUT2D eigenvalue weighted by atomic mass is 10.0. The van der Waals surface area contributed by atoms with Crippen LogP contribution in [-0.2, 0) is 11.3 Å². The number of piperidine rings is 1. The van der Waals surface area contributed by atoms with Crippen molar-refractivity contribution in [3.05, 3.63) is 15.6 Å². The molecule has 3 nitrogen and oxygen atoms in total. The highest BCUT2D eigenvalue weighted by Crippen LogP contribution is 2.17. The fourth-order valence-electron chi connectivity index (χ4n) is 2.16. The van der Waals surface area contributed by atoms with Gasteiger partial charge in [0.15, 0.2) is 0 Å². The van der Waals surface area contributed by atoms with Crippen molar-refractivity contribution < 1.29 is 4.74 Å². The zero-order chi connectivity index (χ0) is 12.1. The van der Waals surface area contributed by atoms with E-state index in [-0.39, 0.29) is 0 Å². The van der Waals surface area contributed by atoms with Crippen molar-refractivity contribution in [3.8, 4) is 0 Å². The van der Waals surface area contributed by atoms with Gasteiger partial charge in [0.1, 0.15) is 5.01 Å². The first-order valence-electron chi connectivity index (χ1n) is 6.50. The van der Waals surface area contributed by atoms with E-state index in [1.807, 2.05) is 0 Å². The molecule has 0 spiro atoms. The van der Waals surface area contributed by atoms with E-state index in [1.54, 1.807) is 11.3 Å². The van der Waals surface area contributed by atoms with Crippen LogP contribution >= 0.6 is 11.3 Å². The molecule has 4 heteroatoms. The number of nitrogens with zero attached hydrogens (tertiary/aromatic N) is 1. The van der Waals surface area contributed by atoms with Crippen molar-refractivity contribution in [1.29, 1.82) is 0 Å². The predicted molar refractivity (Wildman–Crippen MR) is 71.5 cm³/mol. The van der Waals surface area contributed by atoms with Gasteiger partial charge in [-0.15, -0.1) is 11.3 Å². The molecule has 1 aliphatic heterocycles. The highest BCUT2D eigenvalue weighted by molar-refractivity contribution is 7.11. The van der Waals surface area contributed by atoms with Crippen LogP contribution in [-0.4, -0.2) is 24.2 Å². The largest absolute Gasteiger partial charge is 0.374 e. The quantitative estimate of drug-likeness (QED) is 0.820. The molecule has 2 rings (SSSR count). The van der Waals surface area contributed by atoms with Gasteiger partial charge >= 0.3 is 0 Å². The van der Waals surface area contributed by atoms with Crippen LogP contribution in [0.3, 0.4) is 0 Å². The molecule has 17 heavy (non-hydrogen) atoms. The number of aromatic nitrogens is 1. The summed E-state index contributed by atoms with van der Waals surface area (Å²) in [4.78, 5) is 5.78. The molecule has 1 fully saturated rings. The van der Waals surface area contributed by atoms with Gasteiger partial charge in [-0.25, -0.2) is 4.98 Å². The Bertz CT molecular complexity index is 326. The van der Waals surface area contributed by atoms with Crippen LogP contribution < -0.4 is 5.32 Å². The first-order valence-corrected chi connectivity index (χ1v) is 7.31. The molecule has 1 aromatic heterocycles.